The molecule has 1 N–H and O–H groups in total. The highest BCUT2D eigenvalue weighted by Gasteiger charge is 2.29. The van der Waals surface area contributed by atoms with Gasteiger partial charge in [-0.05, 0) is 53.7 Å². The average Bonchev–Trinajstić information content (AvgIpc) is 2.74. The van der Waals surface area contributed by atoms with Crippen molar-refractivity contribution in [1.82, 2.24) is 10.2 Å². The van der Waals surface area contributed by atoms with Crippen molar-refractivity contribution in [3.05, 3.63) is 59.7 Å². The summed E-state index contributed by atoms with van der Waals surface area (Å²) in [6, 6.07) is 13.0. The highest BCUT2D eigenvalue weighted by atomic mass is 32.2. The summed E-state index contributed by atoms with van der Waals surface area (Å²) in [4.78, 5) is 14.8. The number of ether oxygens (including phenoxy) is 2. The quantitative estimate of drug-likeness (QED) is 0.657. The summed E-state index contributed by atoms with van der Waals surface area (Å²) in [6.07, 6.45) is 0. The van der Waals surface area contributed by atoms with Gasteiger partial charge in [0.05, 0.1) is 26.4 Å². The van der Waals surface area contributed by atoms with Gasteiger partial charge in [0, 0.05) is 30.1 Å². The zero-order valence-electron chi connectivity index (χ0n) is 16.4. The van der Waals surface area contributed by atoms with Crippen molar-refractivity contribution in [2.24, 2.45) is 0 Å². The molecule has 0 aromatic heterocycles. The molecule has 0 bridgehead atoms. The molecule has 0 aliphatic carbocycles. The number of benzene rings is 2. The van der Waals surface area contributed by atoms with E-state index in [1.54, 1.807) is 7.11 Å². The molecule has 2 aromatic rings. The fraction of sp³-hybridized carbons (Fsp3) is 0.381. The molecule has 1 amide bonds. The number of nitrogens with one attached hydrogen (secondary N) is 1. The molecule has 1 aliphatic heterocycles. The van der Waals surface area contributed by atoms with Gasteiger partial charge < -0.3 is 14.8 Å². The third kappa shape index (κ3) is 6.38. The number of thioether (sulfide) groups is 1. The maximum Gasteiger partial charge on any atom is 0.446 e. The van der Waals surface area contributed by atoms with E-state index in [1.165, 1.54) is 24.3 Å². The van der Waals surface area contributed by atoms with Crippen molar-refractivity contribution >= 4 is 17.7 Å². The lowest BCUT2D eigenvalue weighted by Gasteiger charge is -2.35. The first kappa shape index (κ1) is 22.5. The van der Waals surface area contributed by atoms with Crippen LogP contribution in [0.1, 0.15) is 22.0 Å². The first-order valence-electron chi connectivity index (χ1n) is 9.45. The smallest absolute Gasteiger partial charge is 0.446 e. The van der Waals surface area contributed by atoms with Crippen molar-refractivity contribution in [2.45, 2.75) is 16.4 Å². The van der Waals surface area contributed by atoms with Gasteiger partial charge in [0.15, 0.2) is 0 Å². The van der Waals surface area contributed by atoms with Gasteiger partial charge in [-0.25, -0.2) is 0 Å². The number of carbonyl (C=O) groups excluding carboxylic acids is 1. The number of methoxy groups -OCH3 is 1. The summed E-state index contributed by atoms with van der Waals surface area (Å²) in [5.41, 5.74) is -3.00. The van der Waals surface area contributed by atoms with Crippen molar-refractivity contribution in [2.75, 3.05) is 40.0 Å². The van der Waals surface area contributed by atoms with E-state index in [0.29, 0.717) is 25.3 Å². The zero-order valence-corrected chi connectivity index (χ0v) is 17.3. The molecule has 1 fully saturated rings. The van der Waals surface area contributed by atoms with Gasteiger partial charge in [0.25, 0.3) is 5.91 Å². The van der Waals surface area contributed by atoms with E-state index in [4.69, 9.17) is 9.47 Å². The van der Waals surface area contributed by atoms with Crippen molar-refractivity contribution in [1.29, 1.82) is 0 Å². The van der Waals surface area contributed by atoms with Crippen LogP contribution in [0.5, 0.6) is 5.75 Å². The first-order chi connectivity index (χ1) is 14.4. The summed E-state index contributed by atoms with van der Waals surface area (Å²) in [6.45, 7) is 3.11. The minimum absolute atomic E-state index is 0.0449. The van der Waals surface area contributed by atoms with Crippen LogP contribution in [-0.2, 0) is 4.74 Å². The molecule has 1 saturated heterocycles. The Morgan fingerprint density at radius 2 is 1.77 bits per heavy atom. The molecule has 1 atom stereocenters. The van der Waals surface area contributed by atoms with Crippen LogP contribution in [0.3, 0.4) is 0 Å². The Balaban J connectivity index is 1.67. The molecule has 0 saturated carbocycles. The van der Waals surface area contributed by atoms with Crippen molar-refractivity contribution in [3.63, 3.8) is 0 Å². The van der Waals surface area contributed by atoms with E-state index in [9.17, 15) is 18.0 Å². The van der Waals surface area contributed by atoms with Crippen LogP contribution in [0.2, 0.25) is 0 Å². The second kappa shape index (κ2) is 10.2. The number of amides is 1. The third-order valence-corrected chi connectivity index (χ3v) is 5.53. The fourth-order valence-electron chi connectivity index (χ4n) is 3.27. The van der Waals surface area contributed by atoms with Gasteiger partial charge in [-0.2, -0.15) is 13.2 Å². The lowest BCUT2D eigenvalue weighted by molar-refractivity contribution is -0.0328. The number of halogens is 3. The van der Waals surface area contributed by atoms with Gasteiger partial charge in [0.2, 0.25) is 0 Å². The lowest BCUT2D eigenvalue weighted by Crippen LogP contribution is -2.43. The van der Waals surface area contributed by atoms with Crippen LogP contribution in [-0.4, -0.2) is 56.3 Å². The predicted molar refractivity (Wildman–Crippen MR) is 109 cm³/mol. The van der Waals surface area contributed by atoms with Gasteiger partial charge in [0.1, 0.15) is 5.75 Å². The molecule has 1 aliphatic rings. The van der Waals surface area contributed by atoms with Gasteiger partial charge in [-0.15, -0.1) is 0 Å². The van der Waals surface area contributed by atoms with Crippen molar-refractivity contribution in [3.8, 4) is 5.75 Å². The Morgan fingerprint density at radius 1 is 1.13 bits per heavy atom. The Labute approximate surface area is 177 Å². The topological polar surface area (TPSA) is 50.8 Å². The van der Waals surface area contributed by atoms with Crippen molar-refractivity contribution < 1.29 is 27.4 Å². The highest BCUT2D eigenvalue weighted by Crippen LogP contribution is 2.36. The van der Waals surface area contributed by atoms with Crippen LogP contribution in [0, 0.1) is 0 Å². The maximum atomic E-state index is 12.6. The number of morpholine rings is 1. The number of carbonyl (C=O) groups is 1. The van der Waals surface area contributed by atoms with Crippen LogP contribution in [0.25, 0.3) is 0 Å². The number of alkyl halides is 3. The van der Waals surface area contributed by atoms with Gasteiger partial charge in [-0.1, -0.05) is 12.1 Å². The van der Waals surface area contributed by atoms with E-state index >= 15 is 0 Å². The van der Waals surface area contributed by atoms with Gasteiger partial charge in [-0.3, -0.25) is 9.69 Å². The molecule has 5 nitrogen and oxygen atoms in total. The Kier molecular flexibility index (Phi) is 7.63. The molecule has 162 valence electrons. The maximum absolute atomic E-state index is 12.6. The summed E-state index contributed by atoms with van der Waals surface area (Å²) in [5.74, 6) is 0.422. The molecule has 30 heavy (non-hydrogen) atoms. The van der Waals surface area contributed by atoms with Crippen LogP contribution in [0.4, 0.5) is 13.2 Å². The largest absolute Gasteiger partial charge is 0.497 e. The number of rotatable bonds is 7. The molecule has 3 rings (SSSR count). The summed E-state index contributed by atoms with van der Waals surface area (Å²) < 4.78 is 48.0. The molecule has 0 spiro atoms. The highest BCUT2D eigenvalue weighted by molar-refractivity contribution is 8.00. The summed E-state index contributed by atoms with van der Waals surface area (Å²) >= 11 is -0.202. The summed E-state index contributed by atoms with van der Waals surface area (Å²) in [5, 5.41) is 2.91. The molecule has 1 heterocycles. The normalized spacial score (nSPS) is 16.1. The molecular formula is C21H23F3N2O3S. The van der Waals surface area contributed by atoms with Crippen LogP contribution >= 0.6 is 11.8 Å². The minimum atomic E-state index is -4.35. The Bertz CT molecular complexity index is 823. The molecular weight excluding hydrogens is 417 g/mol. The second-order valence-corrected chi connectivity index (χ2v) is 7.86. The summed E-state index contributed by atoms with van der Waals surface area (Å²) in [7, 11) is 1.60. The second-order valence-electron chi connectivity index (χ2n) is 6.72. The zero-order chi connectivity index (χ0) is 21.6. The Hall–Kier alpha value is -2.23. The SMILES string of the molecule is COc1ccc(C(CNC(=O)c2ccc(SC(F)(F)F)cc2)N2CCOCC2)cc1. The Morgan fingerprint density at radius 3 is 2.33 bits per heavy atom. The predicted octanol–water partition coefficient (Wildman–Crippen LogP) is 4.11. The third-order valence-electron chi connectivity index (χ3n) is 4.79. The van der Waals surface area contributed by atoms with E-state index in [1.807, 2.05) is 24.3 Å². The minimum Gasteiger partial charge on any atom is -0.497 e. The van der Waals surface area contributed by atoms with E-state index in [0.717, 1.165) is 24.4 Å². The van der Waals surface area contributed by atoms with E-state index in [-0.39, 0.29) is 28.6 Å². The fourth-order valence-corrected chi connectivity index (χ4v) is 3.81. The molecule has 2 aromatic carbocycles. The van der Waals surface area contributed by atoms with E-state index in [2.05, 4.69) is 10.2 Å². The van der Waals surface area contributed by atoms with Crippen LogP contribution < -0.4 is 10.1 Å². The van der Waals surface area contributed by atoms with Gasteiger partial charge >= 0.3 is 5.51 Å². The monoisotopic (exact) mass is 440 g/mol. The number of nitrogens with zero attached hydrogens (tertiary/aromatic N) is 1. The van der Waals surface area contributed by atoms with Crippen LogP contribution in [0.15, 0.2) is 53.4 Å². The molecule has 9 heteroatoms. The lowest BCUT2D eigenvalue weighted by atomic mass is 10.0. The molecule has 0 radical (unpaired) electrons. The molecule has 1 unspecified atom stereocenters. The standard InChI is InChI=1S/C21H23F3N2O3S/c1-28-17-6-2-15(3-7-17)19(26-10-12-29-13-11-26)14-25-20(27)16-4-8-18(9-5-16)30-21(22,23)24/h2-9,19H,10-14H2,1H3,(H,25,27). The van der Waals surface area contributed by atoms with E-state index < -0.39 is 5.51 Å². The first-order valence-corrected chi connectivity index (χ1v) is 10.3. The number of hydrogen-bond acceptors (Lipinski definition) is 5. The number of hydrogen-bond donors (Lipinski definition) is 1. The average molecular weight is 440 g/mol.